The summed E-state index contributed by atoms with van der Waals surface area (Å²) in [7, 11) is 1.25. The van der Waals surface area contributed by atoms with Gasteiger partial charge in [-0.15, -0.1) is 0 Å². The Morgan fingerprint density at radius 2 is 1.84 bits per heavy atom. The van der Waals surface area contributed by atoms with Crippen LogP contribution in [0, 0.1) is 12.8 Å². The molecule has 8 heteroatoms. The molecule has 7 nitrogen and oxygen atoms in total. The maximum atomic E-state index is 13.2. The van der Waals surface area contributed by atoms with E-state index in [4.69, 9.17) is 9.47 Å². The van der Waals surface area contributed by atoms with Crippen LogP contribution in [-0.4, -0.2) is 57.9 Å². The third-order valence-electron chi connectivity index (χ3n) is 5.69. The Bertz CT molecular complexity index is 1020. The van der Waals surface area contributed by atoms with E-state index in [9.17, 15) is 13.2 Å². The van der Waals surface area contributed by atoms with Crippen LogP contribution in [0.2, 0.25) is 0 Å². The van der Waals surface area contributed by atoms with Crippen molar-refractivity contribution in [2.24, 2.45) is 5.92 Å². The highest BCUT2D eigenvalue weighted by Gasteiger charge is 2.34. The van der Waals surface area contributed by atoms with Gasteiger partial charge in [0.25, 0.3) is 0 Å². The number of hydrogen-bond donors (Lipinski definition) is 0. The molecule has 0 aromatic heterocycles. The van der Waals surface area contributed by atoms with Crippen LogP contribution >= 0.6 is 0 Å². The lowest BCUT2D eigenvalue weighted by molar-refractivity contribution is -0.135. The van der Waals surface area contributed by atoms with E-state index in [1.54, 1.807) is 44.4 Å². The standard InChI is InChI=1S/C23H30N2O5S/c1-17-14-21(11-12-22(17)30-4)31(27,28)25-13-5-6-19(16-25)23(26)24(2)15-18-7-9-20(29-3)10-8-18/h7-12,14,19H,5-6,13,15-16H2,1-4H3/t19-/m1/s1. The second-order valence-electron chi connectivity index (χ2n) is 7.88. The summed E-state index contributed by atoms with van der Waals surface area (Å²) in [6.07, 6.45) is 1.33. The lowest BCUT2D eigenvalue weighted by atomic mass is 9.98. The third kappa shape index (κ3) is 5.19. The van der Waals surface area contributed by atoms with Gasteiger partial charge in [0.05, 0.1) is 25.0 Å². The highest BCUT2D eigenvalue weighted by Crippen LogP contribution is 2.28. The lowest BCUT2D eigenvalue weighted by Crippen LogP contribution is -2.45. The molecule has 0 bridgehead atoms. The molecule has 31 heavy (non-hydrogen) atoms. The first-order valence-corrected chi connectivity index (χ1v) is 11.7. The summed E-state index contributed by atoms with van der Waals surface area (Å²) in [6.45, 7) is 2.89. The van der Waals surface area contributed by atoms with Gasteiger partial charge in [0.15, 0.2) is 0 Å². The van der Waals surface area contributed by atoms with Crippen LogP contribution in [0.3, 0.4) is 0 Å². The van der Waals surface area contributed by atoms with Crippen LogP contribution in [-0.2, 0) is 21.4 Å². The van der Waals surface area contributed by atoms with Crippen molar-refractivity contribution in [3.05, 3.63) is 53.6 Å². The molecule has 2 aromatic carbocycles. The molecule has 3 rings (SSSR count). The summed E-state index contributed by atoms with van der Waals surface area (Å²) in [4.78, 5) is 14.9. The second-order valence-corrected chi connectivity index (χ2v) is 9.81. The van der Waals surface area contributed by atoms with Gasteiger partial charge in [-0.1, -0.05) is 12.1 Å². The number of rotatable bonds is 7. The monoisotopic (exact) mass is 446 g/mol. The molecular weight excluding hydrogens is 416 g/mol. The molecule has 0 spiro atoms. The average molecular weight is 447 g/mol. The molecule has 0 saturated carbocycles. The number of amides is 1. The zero-order valence-electron chi connectivity index (χ0n) is 18.5. The Balaban J connectivity index is 1.69. The number of benzene rings is 2. The van der Waals surface area contributed by atoms with Gasteiger partial charge in [-0.2, -0.15) is 4.31 Å². The van der Waals surface area contributed by atoms with Gasteiger partial charge >= 0.3 is 0 Å². The predicted octanol–water partition coefficient (Wildman–Crippen LogP) is 3.07. The topological polar surface area (TPSA) is 76.2 Å². The molecule has 1 aliphatic rings. The number of carbonyl (C=O) groups is 1. The molecule has 168 valence electrons. The van der Waals surface area contributed by atoms with Crippen LogP contribution in [0.15, 0.2) is 47.4 Å². The van der Waals surface area contributed by atoms with Crippen LogP contribution in [0.25, 0.3) is 0 Å². The van der Waals surface area contributed by atoms with Crippen molar-refractivity contribution in [2.75, 3.05) is 34.4 Å². The summed E-state index contributed by atoms with van der Waals surface area (Å²) in [6, 6.07) is 12.4. The van der Waals surface area contributed by atoms with Gasteiger partial charge in [-0.05, 0) is 61.2 Å². The Morgan fingerprint density at radius 3 is 2.45 bits per heavy atom. The number of methoxy groups -OCH3 is 2. The third-order valence-corrected chi connectivity index (χ3v) is 7.55. The van der Waals surface area contributed by atoms with Crippen molar-refractivity contribution in [1.29, 1.82) is 0 Å². The number of hydrogen-bond acceptors (Lipinski definition) is 5. The number of sulfonamides is 1. The molecule has 0 aliphatic carbocycles. The number of aryl methyl sites for hydroxylation is 1. The van der Waals surface area contributed by atoms with Crippen molar-refractivity contribution >= 4 is 15.9 Å². The fraction of sp³-hybridized carbons (Fsp3) is 0.435. The SMILES string of the molecule is COc1ccc(CN(C)C(=O)[C@@H]2CCCN(S(=O)(=O)c3ccc(OC)c(C)c3)C2)cc1. The van der Waals surface area contributed by atoms with Gasteiger partial charge in [-0.25, -0.2) is 8.42 Å². The van der Waals surface area contributed by atoms with Crippen molar-refractivity contribution in [3.63, 3.8) is 0 Å². The van der Waals surface area contributed by atoms with Crippen LogP contribution in [0.4, 0.5) is 0 Å². The summed E-state index contributed by atoms with van der Waals surface area (Å²) in [5, 5.41) is 0. The van der Waals surface area contributed by atoms with Crippen molar-refractivity contribution in [2.45, 2.75) is 31.2 Å². The lowest BCUT2D eigenvalue weighted by Gasteiger charge is -2.33. The quantitative estimate of drug-likeness (QED) is 0.653. The number of ether oxygens (including phenoxy) is 2. The molecule has 1 saturated heterocycles. The molecule has 1 atom stereocenters. The van der Waals surface area contributed by atoms with E-state index >= 15 is 0 Å². The molecule has 1 heterocycles. The van der Waals surface area contributed by atoms with E-state index in [-0.39, 0.29) is 23.3 Å². The molecule has 0 N–H and O–H groups in total. The number of carbonyl (C=O) groups excluding carboxylic acids is 1. The maximum Gasteiger partial charge on any atom is 0.243 e. The van der Waals surface area contributed by atoms with Crippen LogP contribution in [0.5, 0.6) is 11.5 Å². The average Bonchev–Trinajstić information content (AvgIpc) is 2.79. The van der Waals surface area contributed by atoms with E-state index in [1.165, 1.54) is 4.31 Å². The summed E-state index contributed by atoms with van der Waals surface area (Å²) >= 11 is 0. The van der Waals surface area contributed by atoms with Gasteiger partial charge in [-0.3, -0.25) is 4.79 Å². The highest BCUT2D eigenvalue weighted by molar-refractivity contribution is 7.89. The van der Waals surface area contributed by atoms with Crippen LogP contribution < -0.4 is 9.47 Å². The summed E-state index contributed by atoms with van der Waals surface area (Å²) in [5.41, 5.74) is 1.75. The minimum atomic E-state index is -3.68. The predicted molar refractivity (Wildman–Crippen MR) is 119 cm³/mol. The first-order chi connectivity index (χ1) is 14.8. The molecule has 0 unspecified atom stereocenters. The summed E-state index contributed by atoms with van der Waals surface area (Å²) < 4.78 is 38.2. The van der Waals surface area contributed by atoms with Crippen molar-refractivity contribution in [3.8, 4) is 11.5 Å². The van der Waals surface area contributed by atoms with E-state index in [2.05, 4.69) is 0 Å². The fourth-order valence-corrected chi connectivity index (χ4v) is 5.53. The van der Waals surface area contributed by atoms with E-state index < -0.39 is 10.0 Å². The van der Waals surface area contributed by atoms with Crippen LogP contribution in [0.1, 0.15) is 24.0 Å². The van der Waals surface area contributed by atoms with E-state index in [1.807, 2.05) is 31.2 Å². The van der Waals surface area contributed by atoms with Gasteiger partial charge < -0.3 is 14.4 Å². The molecular formula is C23H30N2O5S. The van der Waals surface area contributed by atoms with Gasteiger partial charge in [0.1, 0.15) is 11.5 Å². The largest absolute Gasteiger partial charge is 0.497 e. The van der Waals surface area contributed by atoms with E-state index in [0.29, 0.717) is 31.7 Å². The Hall–Kier alpha value is -2.58. The normalized spacial score (nSPS) is 17.2. The Labute approximate surface area is 184 Å². The number of nitrogens with zero attached hydrogens (tertiary/aromatic N) is 2. The molecule has 2 aromatic rings. The minimum absolute atomic E-state index is 0.0402. The minimum Gasteiger partial charge on any atom is -0.497 e. The maximum absolute atomic E-state index is 13.2. The van der Waals surface area contributed by atoms with E-state index in [0.717, 1.165) is 16.9 Å². The van der Waals surface area contributed by atoms with Crippen molar-refractivity contribution in [1.82, 2.24) is 9.21 Å². The number of piperidine rings is 1. The Kier molecular flexibility index (Phi) is 7.23. The second kappa shape index (κ2) is 9.70. The molecule has 1 fully saturated rings. The highest BCUT2D eigenvalue weighted by atomic mass is 32.2. The fourth-order valence-electron chi connectivity index (χ4n) is 3.92. The van der Waals surface area contributed by atoms with Gasteiger partial charge in [0, 0.05) is 26.7 Å². The first-order valence-electron chi connectivity index (χ1n) is 10.3. The zero-order valence-corrected chi connectivity index (χ0v) is 19.3. The zero-order chi connectivity index (χ0) is 22.6. The van der Waals surface area contributed by atoms with Gasteiger partial charge in [0.2, 0.25) is 15.9 Å². The molecule has 1 amide bonds. The molecule has 0 radical (unpaired) electrons. The first kappa shape index (κ1) is 23.1. The Morgan fingerprint density at radius 1 is 1.13 bits per heavy atom. The summed E-state index contributed by atoms with van der Waals surface area (Å²) in [5.74, 6) is 1.01. The van der Waals surface area contributed by atoms with Crippen molar-refractivity contribution < 1.29 is 22.7 Å². The molecule has 1 aliphatic heterocycles. The smallest absolute Gasteiger partial charge is 0.243 e.